The summed E-state index contributed by atoms with van der Waals surface area (Å²) in [5.41, 5.74) is -5.33. The molecule has 2 aromatic rings. The van der Waals surface area contributed by atoms with Crippen LogP contribution in [0.3, 0.4) is 0 Å². The minimum absolute atomic E-state index is 0.0360. The lowest BCUT2D eigenvalue weighted by Gasteiger charge is -2.42. The van der Waals surface area contributed by atoms with Gasteiger partial charge in [0.15, 0.2) is 17.9 Å². The summed E-state index contributed by atoms with van der Waals surface area (Å²) >= 11 is 0. The molecule has 3 aliphatic carbocycles. The van der Waals surface area contributed by atoms with E-state index in [1.807, 2.05) is 0 Å². The van der Waals surface area contributed by atoms with Gasteiger partial charge in [0.25, 0.3) is 11.8 Å². The molecule has 7 rings (SSSR count). The van der Waals surface area contributed by atoms with E-state index in [2.05, 4.69) is 5.32 Å². The number of aliphatic hydroxyl groups excluding tert-OH is 2. The SMILES string of the molecule is COc1cccc2c1C(=O)c1c(O)c3c(c(O)c1C2=O)C[C@@](O)(C(=O)CO)C[C@@H]3OC1CC(NC(=O)OC2/C=C/CC(C)(C(=O)ON3C(=O)CCC3=O)CCC2)C(O)C(C)O1. The number of alkyl carbamates (subject to hydrolysis) is 1. The maximum Gasteiger partial charge on any atom is 0.408 e. The summed E-state index contributed by atoms with van der Waals surface area (Å²) in [4.78, 5) is 96.1. The molecule has 0 aromatic heterocycles. The number of nitrogens with one attached hydrogen (secondary N) is 1. The maximum absolute atomic E-state index is 14.0. The smallest absolute Gasteiger partial charge is 0.408 e. The van der Waals surface area contributed by atoms with Gasteiger partial charge in [-0.3, -0.25) is 24.0 Å². The number of Topliss-reactive ketones (excluding diaryl/α,β-unsaturated/α-hetero) is 1. The van der Waals surface area contributed by atoms with Gasteiger partial charge in [0.1, 0.15) is 41.7 Å². The lowest BCUT2D eigenvalue weighted by atomic mass is 9.72. The number of phenolic OH excluding ortho intramolecular Hbond substituents is 2. The summed E-state index contributed by atoms with van der Waals surface area (Å²) in [5.74, 6) is -6.16. The number of nitrogens with zero attached hydrogens (tertiary/aromatic N) is 1. The third kappa shape index (κ3) is 7.87. The van der Waals surface area contributed by atoms with Crippen molar-refractivity contribution in [3.8, 4) is 17.2 Å². The Balaban J connectivity index is 1.08. The minimum atomic E-state index is -2.39. The Morgan fingerprint density at radius 2 is 1.72 bits per heavy atom. The van der Waals surface area contributed by atoms with Crippen LogP contribution in [-0.2, 0) is 44.6 Å². The first-order valence-electron chi connectivity index (χ1n) is 19.9. The Morgan fingerprint density at radius 1 is 1.02 bits per heavy atom. The molecule has 0 radical (unpaired) electrons. The molecule has 2 saturated heterocycles. The van der Waals surface area contributed by atoms with Crippen molar-refractivity contribution in [3.63, 3.8) is 0 Å². The van der Waals surface area contributed by atoms with E-state index in [1.54, 1.807) is 19.1 Å². The van der Waals surface area contributed by atoms with E-state index in [1.165, 1.54) is 32.2 Å². The van der Waals surface area contributed by atoms with E-state index in [0.717, 1.165) is 0 Å². The first kappa shape index (κ1) is 43.4. The van der Waals surface area contributed by atoms with Crippen molar-refractivity contribution >= 4 is 41.2 Å². The van der Waals surface area contributed by atoms with E-state index in [9.17, 15) is 59.1 Å². The van der Waals surface area contributed by atoms with E-state index < -0.39 is 131 Å². The largest absolute Gasteiger partial charge is 0.507 e. The fourth-order valence-corrected chi connectivity index (χ4v) is 8.69. The van der Waals surface area contributed by atoms with Crippen LogP contribution < -0.4 is 10.1 Å². The highest BCUT2D eigenvalue weighted by Gasteiger charge is 2.51. The summed E-state index contributed by atoms with van der Waals surface area (Å²) in [6, 6.07) is 3.20. The summed E-state index contributed by atoms with van der Waals surface area (Å²) in [5, 5.41) is 59.0. The van der Waals surface area contributed by atoms with Gasteiger partial charge in [-0.15, -0.1) is 5.06 Å². The predicted octanol–water partition coefficient (Wildman–Crippen LogP) is 1.88. The molecule has 5 aliphatic rings. The number of hydroxylamine groups is 2. The van der Waals surface area contributed by atoms with Crippen LogP contribution in [0.25, 0.3) is 0 Å². The van der Waals surface area contributed by atoms with Crippen LogP contribution in [0.5, 0.6) is 17.2 Å². The number of aromatic hydroxyl groups is 2. The first-order valence-corrected chi connectivity index (χ1v) is 19.9. The van der Waals surface area contributed by atoms with Gasteiger partial charge in [-0.25, -0.2) is 9.59 Å². The quantitative estimate of drug-likeness (QED) is 0.102. The van der Waals surface area contributed by atoms with Gasteiger partial charge in [0, 0.05) is 48.8 Å². The monoisotopic (exact) mass is 850 g/mol. The highest BCUT2D eigenvalue weighted by atomic mass is 16.7. The van der Waals surface area contributed by atoms with Crippen molar-refractivity contribution in [2.45, 2.75) is 114 Å². The molecule has 0 saturated carbocycles. The number of imide groups is 1. The normalized spacial score (nSPS) is 30.3. The second-order valence-corrected chi connectivity index (χ2v) is 16.2. The summed E-state index contributed by atoms with van der Waals surface area (Å²) < 4.78 is 23.1. The second kappa shape index (κ2) is 16.6. The number of allylic oxidation sites excluding steroid dienone is 1. The van der Waals surface area contributed by atoms with Crippen molar-refractivity contribution in [1.82, 2.24) is 10.4 Å². The Hall–Kier alpha value is -5.73. The highest BCUT2D eigenvalue weighted by Crippen LogP contribution is 2.52. The van der Waals surface area contributed by atoms with Crippen molar-refractivity contribution in [3.05, 3.63) is 63.7 Å². The number of carbonyl (C=O) groups excluding carboxylic acids is 7. The lowest BCUT2D eigenvalue weighted by Crippen LogP contribution is -2.56. The average Bonchev–Trinajstić information content (AvgIpc) is 3.53. The molecule has 2 aliphatic heterocycles. The van der Waals surface area contributed by atoms with Gasteiger partial charge in [-0.05, 0) is 51.7 Å². The number of methoxy groups -OCH3 is 1. The number of benzene rings is 2. The molecule has 2 heterocycles. The molecular formula is C42H46N2O17. The van der Waals surface area contributed by atoms with Crippen LogP contribution >= 0.6 is 0 Å². The summed E-state index contributed by atoms with van der Waals surface area (Å²) in [6.45, 7) is 2.03. The van der Waals surface area contributed by atoms with E-state index in [4.69, 9.17) is 23.8 Å². The number of phenols is 2. The van der Waals surface area contributed by atoms with Gasteiger partial charge in [0.05, 0.1) is 47.5 Å². The number of hydrogen-bond donors (Lipinski definition) is 6. The fourth-order valence-electron chi connectivity index (χ4n) is 8.69. The molecule has 6 N–H and O–H groups in total. The molecule has 326 valence electrons. The third-order valence-corrected chi connectivity index (χ3v) is 12.1. The standard InChI is InChI=1S/C42H46N2O17/c1-19-34(49)23(43-40(55)59-20-7-5-13-41(2,14-6-8-20)39(54)61-44-27(47)11-12-28(44)48)15-29(58-19)60-25-17-42(56,26(46)18-45)16-22-31(25)38(53)33-32(36(22)51)35(50)21-9-4-10-24(57-3)30(21)37(33)52/h4-5,7,9-10,19-20,23,25,29,34,45,49,51,53,56H,6,8,11-18H2,1-3H3,(H,43,55)/b7-5+/t19?,20?,23?,25-,29?,34?,41?,42-/m0/s1. The molecule has 2 aromatic carbocycles. The van der Waals surface area contributed by atoms with Gasteiger partial charge >= 0.3 is 12.1 Å². The van der Waals surface area contributed by atoms with Gasteiger partial charge in [-0.1, -0.05) is 18.2 Å². The molecule has 3 amide bonds. The number of rotatable bonds is 9. The zero-order valence-corrected chi connectivity index (χ0v) is 33.5. The Kier molecular flexibility index (Phi) is 11.8. The predicted molar refractivity (Wildman–Crippen MR) is 204 cm³/mol. The molecule has 2 fully saturated rings. The highest BCUT2D eigenvalue weighted by molar-refractivity contribution is 6.31. The molecule has 0 spiro atoms. The molecule has 8 atom stereocenters. The van der Waals surface area contributed by atoms with Gasteiger partial charge in [0.2, 0.25) is 5.78 Å². The van der Waals surface area contributed by atoms with E-state index >= 15 is 0 Å². The van der Waals surface area contributed by atoms with Crippen LogP contribution in [0.15, 0.2) is 30.4 Å². The van der Waals surface area contributed by atoms with Gasteiger partial charge in [-0.2, -0.15) is 0 Å². The maximum atomic E-state index is 14.0. The molecule has 6 unspecified atom stereocenters. The summed E-state index contributed by atoms with van der Waals surface area (Å²) in [7, 11) is 1.29. The number of carbonyl (C=O) groups is 7. The van der Waals surface area contributed by atoms with Gasteiger partial charge < -0.3 is 54.6 Å². The van der Waals surface area contributed by atoms with Crippen LogP contribution in [0.1, 0.15) is 114 Å². The van der Waals surface area contributed by atoms with E-state index in [0.29, 0.717) is 11.5 Å². The number of aliphatic hydroxyl groups is 3. The van der Waals surface area contributed by atoms with Crippen molar-refractivity contribution < 1.29 is 82.9 Å². The number of ketones is 3. The Morgan fingerprint density at radius 3 is 2.41 bits per heavy atom. The molecule has 19 heteroatoms. The fraction of sp³-hybridized carbons (Fsp3) is 0.500. The van der Waals surface area contributed by atoms with Crippen LogP contribution in [0.4, 0.5) is 4.79 Å². The number of fused-ring (bicyclic) bond motifs is 3. The molecule has 0 bridgehead atoms. The zero-order chi connectivity index (χ0) is 44.1. The zero-order valence-electron chi connectivity index (χ0n) is 33.5. The Labute approximate surface area is 348 Å². The first-order chi connectivity index (χ1) is 28.9. The second-order valence-electron chi connectivity index (χ2n) is 16.2. The third-order valence-electron chi connectivity index (χ3n) is 12.1. The number of ether oxygens (including phenoxy) is 4. The summed E-state index contributed by atoms with van der Waals surface area (Å²) in [6.07, 6.45) is -4.05. The molecule has 19 nitrogen and oxygen atoms in total. The molecule has 61 heavy (non-hydrogen) atoms. The van der Waals surface area contributed by atoms with Crippen molar-refractivity contribution in [1.29, 1.82) is 0 Å². The lowest BCUT2D eigenvalue weighted by molar-refractivity contribution is -0.249. The van der Waals surface area contributed by atoms with Crippen molar-refractivity contribution in [2.75, 3.05) is 13.7 Å². The van der Waals surface area contributed by atoms with Crippen LogP contribution in [0.2, 0.25) is 0 Å². The van der Waals surface area contributed by atoms with E-state index in [-0.39, 0.29) is 66.5 Å². The number of hydrogen-bond acceptors (Lipinski definition) is 17. The van der Waals surface area contributed by atoms with Crippen LogP contribution in [-0.4, -0.2) is 122 Å². The minimum Gasteiger partial charge on any atom is -0.507 e. The topological polar surface area (TPSA) is 282 Å². The Bertz CT molecular complexity index is 2220. The molecular weight excluding hydrogens is 804 g/mol. The number of amides is 3. The van der Waals surface area contributed by atoms with Crippen LogP contribution in [0, 0.1) is 5.41 Å². The average molecular weight is 851 g/mol. The van der Waals surface area contributed by atoms with Crippen molar-refractivity contribution in [2.24, 2.45) is 5.41 Å².